The Hall–Kier alpha value is -3.71. The molecule has 0 aliphatic carbocycles. The molecule has 42 heavy (non-hydrogen) atoms. The first-order valence-corrected chi connectivity index (χ1v) is 14.7. The van der Waals surface area contributed by atoms with Gasteiger partial charge in [-0.3, -0.25) is 9.36 Å². The van der Waals surface area contributed by atoms with Crippen molar-refractivity contribution >= 4 is 33.9 Å². The van der Waals surface area contributed by atoms with E-state index in [-0.39, 0.29) is 23.4 Å². The molecule has 0 spiro atoms. The molecule has 4 aromatic rings. The molecule has 2 aliphatic heterocycles. The summed E-state index contributed by atoms with van der Waals surface area (Å²) in [6.45, 7) is 6.32. The van der Waals surface area contributed by atoms with Gasteiger partial charge in [0.15, 0.2) is 34.1 Å². The fourth-order valence-electron chi connectivity index (χ4n) is 5.16. The predicted octanol–water partition coefficient (Wildman–Crippen LogP) is 4.72. The summed E-state index contributed by atoms with van der Waals surface area (Å²) in [6, 6.07) is 15.7. The van der Waals surface area contributed by atoms with Crippen LogP contribution in [0.5, 0.6) is 11.5 Å². The van der Waals surface area contributed by atoms with E-state index in [1.807, 2.05) is 66.9 Å². The van der Waals surface area contributed by atoms with E-state index in [2.05, 4.69) is 20.3 Å². The minimum absolute atomic E-state index is 0.0315. The number of rotatable bonds is 10. The van der Waals surface area contributed by atoms with E-state index in [1.165, 1.54) is 18.1 Å². The van der Waals surface area contributed by atoms with Gasteiger partial charge in [0.2, 0.25) is 0 Å². The molecule has 2 saturated heterocycles. The van der Waals surface area contributed by atoms with E-state index in [4.69, 9.17) is 23.7 Å². The number of nitrogens with zero attached hydrogens (tertiary/aromatic N) is 4. The molecule has 2 unspecified atom stereocenters. The number of anilines is 1. The van der Waals surface area contributed by atoms with Gasteiger partial charge in [0.05, 0.1) is 19.5 Å². The van der Waals surface area contributed by atoms with Crippen molar-refractivity contribution in [1.82, 2.24) is 19.5 Å². The first kappa shape index (κ1) is 28.4. The van der Waals surface area contributed by atoms with Crippen molar-refractivity contribution in [1.29, 1.82) is 0 Å². The highest BCUT2D eigenvalue weighted by Gasteiger charge is 2.56. The van der Waals surface area contributed by atoms with Crippen LogP contribution in [0.25, 0.3) is 11.2 Å². The second kappa shape index (κ2) is 11.9. The van der Waals surface area contributed by atoms with Crippen molar-refractivity contribution in [3.63, 3.8) is 0 Å². The Kier molecular flexibility index (Phi) is 8.04. The first-order valence-electron chi connectivity index (χ1n) is 13.7. The Labute approximate surface area is 247 Å². The highest BCUT2D eigenvalue weighted by atomic mass is 32.2. The monoisotopic (exact) mass is 591 g/mol. The van der Waals surface area contributed by atoms with Gasteiger partial charge in [0, 0.05) is 19.2 Å². The minimum atomic E-state index is -0.759. The summed E-state index contributed by atoms with van der Waals surface area (Å²) >= 11 is 1.22. The SMILES string of the molecule is COc1ccc(COc2ccc(CNc3ncnc4c3ncn4[C@@H]3O[C@H](CSC(C)=O)C4OC(C)(C)OC43)cc2)cc1. The third-order valence-electron chi connectivity index (χ3n) is 7.16. The zero-order valence-electron chi connectivity index (χ0n) is 23.9. The highest BCUT2D eigenvalue weighted by molar-refractivity contribution is 8.13. The number of nitrogens with one attached hydrogen (secondary N) is 1. The molecule has 2 aliphatic rings. The number of methoxy groups -OCH3 is 1. The van der Waals surface area contributed by atoms with Gasteiger partial charge in [-0.15, -0.1) is 0 Å². The highest BCUT2D eigenvalue weighted by Crippen LogP contribution is 2.44. The molecule has 1 N–H and O–H groups in total. The summed E-state index contributed by atoms with van der Waals surface area (Å²) in [6.07, 6.45) is 1.70. The largest absolute Gasteiger partial charge is 0.497 e. The number of hydrogen-bond acceptors (Lipinski definition) is 11. The van der Waals surface area contributed by atoms with Crippen molar-refractivity contribution in [3.8, 4) is 11.5 Å². The van der Waals surface area contributed by atoms with Gasteiger partial charge in [-0.05, 0) is 49.2 Å². The van der Waals surface area contributed by atoms with Crippen LogP contribution < -0.4 is 14.8 Å². The second-order valence-corrected chi connectivity index (χ2v) is 11.8. The van der Waals surface area contributed by atoms with Crippen LogP contribution in [0.1, 0.15) is 38.1 Å². The van der Waals surface area contributed by atoms with Gasteiger partial charge >= 0.3 is 0 Å². The van der Waals surface area contributed by atoms with Gasteiger partial charge in [-0.1, -0.05) is 36.0 Å². The average Bonchev–Trinajstić information content (AvgIpc) is 3.65. The number of ether oxygens (including phenoxy) is 5. The molecule has 12 heteroatoms. The normalized spacial score (nSPS) is 22.7. The number of hydrogen-bond donors (Lipinski definition) is 1. The lowest BCUT2D eigenvalue weighted by atomic mass is 10.1. The molecular weight excluding hydrogens is 558 g/mol. The summed E-state index contributed by atoms with van der Waals surface area (Å²) in [4.78, 5) is 25.2. The Morgan fingerprint density at radius 3 is 2.45 bits per heavy atom. The van der Waals surface area contributed by atoms with Crippen LogP contribution in [0.2, 0.25) is 0 Å². The van der Waals surface area contributed by atoms with Crippen molar-refractivity contribution in [3.05, 3.63) is 72.3 Å². The average molecular weight is 592 g/mol. The number of imidazole rings is 1. The molecule has 4 atom stereocenters. The van der Waals surface area contributed by atoms with Crippen LogP contribution in [0, 0.1) is 0 Å². The van der Waals surface area contributed by atoms with Gasteiger partial charge < -0.3 is 29.0 Å². The van der Waals surface area contributed by atoms with Crippen LogP contribution in [0.3, 0.4) is 0 Å². The van der Waals surface area contributed by atoms with Crippen LogP contribution in [0.4, 0.5) is 5.82 Å². The molecule has 2 aromatic heterocycles. The van der Waals surface area contributed by atoms with E-state index in [9.17, 15) is 4.79 Å². The summed E-state index contributed by atoms with van der Waals surface area (Å²) in [7, 11) is 1.65. The molecule has 4 heterocycles. The fraction of sp³-hybridized carbons (Fsp3) is 0.400. The third kappa shape index (κ3) is 6.07. The van der Waals surface area contributed by atoms with E-state index in [1.54, 1.807) is 20.4 Å². The van der Waals surface area contributed by atoms with Gasteiger partial charge in [0.1, 0.15) is 36.6 Å². The van der Waals surface area contributed by atoms with Crippen LogP contribution in [-0.4, -0.2) is 61.6 Å². The van der Waals surface area contributed by atoms with Crippen LogP contribution in [0.15, 0.2) is 61.2 Å². The summed E-state index contributed by atoms with van der Waals surface area (Å²) in [5, 5.41) is 3.41. The fourth-order valence-corrected chi connectivity index (χ4v) is 5.83. The summed E-state index contributed by atoms with van der Waals surface area (Å²) in [5.74, 6) is 1.94. The van der Waals surface area contributed by atoms with Gasteiger partial charge in [-0.2, -0.15) is 0 Å². The second-order valence-electron chi connectivity index (χ2n) is 10.6. The Morgan fingerprint density at radius 2 is 1.71 bits per heavy atom. The number of aromatic nitrogens is 4. The number of benzene rings is 2. The molecule has 2 aromatic carbocycles. The maximum atomic E-state index is 11.6. The lowest BCUT2D eigenvalue weighted by Gasteiger charge is -2.24. The molecule has 6 rings (SSSR count). The Balaban J connectivity index is 1.12. The lowest BCUT2D eigenvalue weighted by molar-refractivity contribution is -0.193. The van der Waals surface area contributed by atoms with Crippen molar-refractivity contribution in [2.75, 3.05) is 18.2 Å². The molecule has 220 valence electrons. The molecule has 0 radical (unpaired) electrons. The molecule has 0 bridgehead atoms. The number of carbonyl (C=O) groups excluding carboxylic acids is 1. The lowest BCUT2D eigenvalue weighted by Crippen LogP contribution is -2.31. The quantitative estimate of drug-likeness (QED) is 0.276. The topological polar surface area (TPSA) is 119 Å². The van der Waals surface area contributed by atoms with E-state index >= 15 is 0 Å². The molecule has 0 amide bonds. The smallest absolute Gasteiger partial charge is 0.185 e. The Morgan fingerprint density at radius 1 is 1.00 bits per heavy atom. The summed E-state index contributed by atoms with van der Waals surface area (Å²) < 4.78 is 31.7. The third-order valence-corrected chi connectivity index (χ3v) is 8.06. The van der Waals surface area contributed by atoms with Gasteiger partial charge in [0.25, 0.3) is 0 Å². The molecule has 11 nitrogen and oxygen atoms in total. The number of carbonyl (C=O) groups is 1. The van der Waals surface area contributed by atoms with E-state index in [0.29, 0.717) is 35.9 Å². The molecule has 0 saturated carbocycles. The van der Waals surface area contributed by atoms with E-state index < -0.39 is 12.0 Å². The standard InChI is InChI=1S/C30H33N5O6S/c1-18(36)42-15-23-25-26(41-30(2,3)40-25)29(39-23)35-17-34-24-27(32-16-33-28(24)35)31-13-19-5-11-22(12-6-19)38-14-20-7-9-21(37-4)10-8-20/h5-12,16-17,23,25-26,29H,13-15H2,1-4H3,(H,31,32,33)/t23-,25?,26?,29-/m1/s1. The predicted molar refractivity (Wildman–Crippen MR) is 157 cm³/mol. The van der Waals surface area contributed by atoms with E-state index in [0.717, 1.165) is 22.6 Å². The molecule has 2 fully saturated rings. The minimum Gasteiger partial charge on any atom is -0.497 e. The van der Waals surface area contributed by atoms with Crippen LogP contribution >= 0.6 is 11.8 Å². The summed E-state index contributed by atoms with van der Waals surface area (Å²) in [5.41, 5.74) is 3.36. The van der Waals surface area contributed by atoms with Crippen molar-refractivity contribution in [2.45, 2.75) is 64.2 Å². The zero-order valence-corrected chi connectivity index (χ0v) is 24.7. The molecular formula is C30H33N5O6S. The maximum absolute atomic E-state index is 11.6. The van der Waals surface area contributed by atoms with Crippen molar-refractivity contribution < 1.29 is 28.5 Å². The Bertz CT molecular complexity index is 1540. The first-order chi connectivity index (χ1) is 20.3. The maximum Gasteiger partial charge on any atom is 0.185 e. The van der Waals surface area contributed by atoms with Gasteiger partial charge in [-0.25, -0.2) is 15.0 Å². The van der Waals surface area contributed by atoms with Crippen molar-refractivity contribution in [2.24, 2.45) is 0 Å². The van der Waals surface area contributed by atoms with Crippen LogP contribution in [-0.2, 0) is 32.2 Å². The zero-order chi connectivity index (χ0) is 29.3. The number of fused-ring (bicyclic) bond motifs is 2. The number of thioether (sulfide) groups is 1.